The zero-order chi connectivity index (χ0) is 13.3. The molecule has 1 unspecified atom stereocenters. The number of nitrogens with zero attached hydrogens (tertiary/aromatic N) is 3. The van der Waals surface area contributed by atoms with Gasteiger partial charge in [-0.1, -0.05) is 0 Å². The number of alkyl halides is 3. The average Bonchev–Trinajstić information content (AvgIpc) is 2.78. The lowest BCUT2D eigenvalue weighted by Gasteiger charge is -2.29. The highest BCUT2D eigenvalue weighted by Crippen LogP contribution is 2.31. The number of carboxylic acids is 1. The van der Waals surface area contributed by atoms with Crippen LogP contribution in [0.3, 0.4) is 0 Å². The molecule has 0 bridgehead atoms. The molecule has 0 aliphatic carbocycles. The van der Waals surface area contributed by atoms with Gasteiger partial charge in [-0.25, -0.2) is 0 Å². The summed E-state index contributed by atoms with van der Waals surface area (Å²) in [6.07, 6.45) is -3.40. The third kappa shape index (κ3) is 2.71. The van der Waals surface area contributed by atoms with E-state index in [1.165, 1.54) is 0 Å². The molecule has 2 heterocycles. The number of halogens is 3. The number of carbonyl (C=O) groups is 1. The Morgan fingerprint density at radius 2 is 2.22 bits per heavy atom. The van der Waals surface area contributed by atoms with Crippen molar-refractivity contribution in [2.75, 3.05) is 18.0 Å². The first-order valence-corrected chi connectivity index (χ1v) is 6.04. The fourth-order valence-corrected chi connectivity index (χ4v) is 2.53. The summed E-state index contributed by atoms with van der Waals surface area (Å²) in [5.74, 6) is -2.66. The number of hydrogen-bond donors (Lipinski definition) is 1. The molecule has 18 heavy (non-hydrogen) atoms. The molecule has 5 nitrogen and oxygen atoms in total. The lowest BCUT2D eigenvalue weighted by molar-refractivity contribution is -0.144. The summed E-state index contributed by atoms with van der Waals surface area (Å²) < 4.78 is 40.3. The van der Waals surface area contributed by atoms with Gasteiger partial charge in [0.05, 0.1) is 5.92 Å². The zero-order valence-electron chi connectivity index (χ0n) is 9.15. The molecule has 1 saturated heterocycles. The first-order valence-electron chi connectivity index (χ1n) is 5.26. The first-order chi connectivity index (χ1) is 8.38. The van der Waals surface area contributed by atoms with Crippen LogP contribution in [0.4, 0.5) is 18.3 Å². The Morgan fingerprint density at radius 1 is 1.50 bits per heavy atom. The summed E-state index contributed by atoms with van der Waals surface area (Å²) in [7, 11) is 0. The smallest absolute Gasteiger partial charge is 0.452 e. The first kappa shape index (κ1) is 13.1. The Kier molecular flexibility index (Phi) is 3.42. The molecule has 0 spiro atoms. The molecule has 1 aliphatic heterocycles. The normalized spacial score (nSPS) is 21.1. The zero-order valence-corrected chi connectivity index (χ0v) is 9.96. The molecule has 0 radical (unpaired) electrons. The molecule has 1 aromatic rings. The van der Waals surface area contributed by atoms with Crippen molar-refractivity contribution in [1.29, 1.82) is 0 Å². The van der Waals surface area contributed by atoms with Gasteiger partial charge in [0, 0.05) is 24.6 Å². The maximum Gasteiger partial charge on any atom is 0.452 e. The van der Waals surface area contributed by atoms with Gasteiger partial charge in [-0.2, -0.15) is 22.5 Å². The topological polar surface area (TPSA) is 66.3 Å². The summed E-state index contributed by atoms with van der Waals surface area (Å²) in [6.45, 7) is 0.693. The number of piperidine rings is 1. The minimum absolute atomic E-state index is 0.133. The standard InChI is InChI=1S/C9H10F3N3O2S/c10-9(11,12)7-13-8(18-14-7)15-3-1-2-5(4-15)6(16)17/h5H,1-4H2,(H,16,17). The van der Waals surface area contributed by atoms with Crippen molar-refractivity contribution >= 4 is 22.6 Å². The highest BCUT2D eigenvalue weighted by atomic mass is 32.1. The van der Waals surface area contributed by atoms with E-state index < -0.39 is 23.9 Å². The number of aromatic nitrogens is 2. The van der Waals surface area contributed by atoms with Crippen molar-refractivity contribution in [1.82, 2.24) is 9.36 Å². The van der Waals surface area contributed by atoms with Gasteiger partial charge in [-0.3, -0.25) is 4.79 Å². The molecule has 0 amide bonds. The van der Waals surface area contributed by atoms with Crippen LogP contribution in [0.1, 0.15) is 18.7 Å². The van der Waals surface area contributed by atoms with Crippen LogP contribution in [0.15, 0.2) is 0 Å². The van der Waals surface area contributed by atoms with Crippen molar-refractivity contribution in [3.8, 4) is 0 Å². The van der Waals surface area contributed by atoms with Crippen LogP contribution in [-0.4, -0.2) is 33.5 Å². The second-order valence-corrected chi connectivity index (χ2v) is 4.75. The van der Waals surface area contributed by atoms with Gasteiger partial charge >= 0.3 is 12.1 Å². The number of aliphatic carboxylic acids is 1. The van der Waals surface area contributed by atoms with Gasteiger partial charge in [0.15, 0.2) is 0 Å². The minimum atomic E-state index is -4.56. The SMILES string of the molecule is O=C(O)C1CCCN(c2nc(C(F)(F)F)ns2)C1. The number of hydrogen-bond acceptors (Lipinski definition) is 5. The van der Waals surface area contributed by atoms with E-state index in [4.69, 9.17) is 5.11 Å². The molecule has 1 aliphatic rings. The maximum absolute atomic E-state index is 12.3. The van der Waals surface area contributed by atoms with E-state index in [0.717, 1.165) is 0 Å². The average molecular weight is 281 g/mol. The Bertz CT molecular complexity index is 449. The molecule has 1 aromatic heterocycles. The van der Waals surface area contributed by atoms with Gasteiger partial charge in [0.25, 0.3) is 0 Å². The van der Waals surface area contributed by atoms with E-state index >= 15 is 0 Å². The minimum Gasteiger partial charge on any atom is -0.481 e. The van der Waals surface area contributed by atoms with Crippen molar-refractivity contribution in [2.45, 2.75) is 19.0 Å². The van der Waals surface area contributed by atoms with E-state index in [-0.39, 0.29) is 11.7 Å². The van der Waals surface area contributed by atoms with Gasteiger partial charge in [-0.05, 0) is 12.8 Å². The summed E-state index contributed by atoms with van der Waals surface area (Å²) in [6, 6.07) is 0. The molecular formula is C9H10F3N3O2S. The second-order valence-electron chi connectivity index (χ2n) is 4.02. The number of rotatable bonds is 2. The van der Waals surface area contributed by atoms with E-state index in [9.17, 15) is 18.0 Å². The lowest BCUT2D eigenvalue weighted by atomic mass is 9.99. The highest BCUT2D eigenvalue weighted by molar-refractivity contribution is 7.09. The van der Waals surface area contributed by atoms with E-state index in [1.54, 1.807) is 4.90 Å². The predicted octanol–water partition coefficient (Wildman–Crippen LogP) is 1.86. The molecule has 100 valence electrons. The maximum atomic E-state index is 12.3. The van der Waals surface area contributed by atoms with Crippen molar-refractivity contribution in [3.05, 3.63) is 5.82 Å². The molecule has 0 aromatic carbocycles. The van der Waals surface area contributed by atoms with Crippen molar-refractivity contribution in [3.63, 3.8) is 0 Å². The summed E-state index contributed by atoms with van der Waals surface area (Å²) in [4.78, 5) is 15.8. The quantitative estimate of drug-likeness (QED) is 0.896. The van der Waals surface area contributed by atoms with Gasteiger partial charge in [0.2, 0.25) is 11.0 Å². The summed E-state index contributed by atoms with van der Waals surface area (Å²) in [5.41, 5.74) is 0. The molecule has 1 N–H and O–H groups in total. The molecular weight excluding hydrogens is 271 g/mol. The highest BCUT2D eigenvalue weighted by Gasteiger charge is 2.37. The second kappa shape index (κ2) is 4.71. The van der Waals surface area contributed by atoms with E-state index in [1.807, 2.05) is 0 Å². The molecule has 9 heteroatoms. The Morgan fingerprint density at radius 3 is 2.78 bits per heavy atom. The van der Waals surface area contributed by atoms with Crippen molar-refractivity contribution < 1.29 is 23.1 Å². The monoisotopic (exact) mass is 281 g/mol. The Balaban J connectivity index is 2.12. The molecule has 0 saturated carbocycles. The van der Waals surface area contributed by atoms with Crippen LogP contribution < -0.4 is 4.90 Å². The Labute approximate surface area is 104 Å². The van der Waals surface area contributed by atoms with Crippen LogP contribution in [0.25, 0.3) is 0 Å². The fraction of sp³-hybridized carbons (Fsp3) is 0.667. The van der Waals surface area contributed by atoms with Crippen LogP contribution >= 0.6 is 11.5 Å². The molecule has 1 fully saturated rings. The van der Waals surface area contributed by atoms with E-state index in [2.05, 4.69) is 9.36 Å². The Hall–Kier alpha value is -1.38. The van der Waals surface area contributed by atoms with Gasteiger partial charge in [0.1, 0.15) is 0 Å². The largest absolute Gasteiger partial charge is 0.481 e. The third-order valence-electron chi connectivity index (χ3n) is 2.71. The number of anilines is 1. The van der Waals surface area contributed by atoms with Crippen LogP contribution in [0, 0.1) is 5.92 Å². The van der Waals surface area contributed by atoms with Gasteiger partial charge in [-0.15, -0.1) is 0 Å². The lowest BCUT2D eigenvalue weighted by Crippen LogP contribution is -2.38. The van der Waals surface area contributed by atoms with Crippen LogP contribution in [0.2, 0.25) is 0 Å². The fourth-order valence-electron chi connectivity index (χ4n) is 1.81. The molecule has 1 atom stereocenters. The van der Waals surface area contributed by atoms with E-state index in [0.29, 0.717) is 30.9 Å². The van der Waals surface area contributed by atoms with Crippen LogP contribution in [0.5, 0.6) is 0 Å². The summed E-state index contributed by atoms with van der Waals surface area (Å²) in [5, 5.41) is 9.03. The van der Waals surface area contributed by atoms with Crippen molar-refractivity contribution in [2.24, 2.45) is 5.92 Å². The number of carboxylic acid groups (broad SMARTS) is 1. The molecule has 2 rings (SSSR count). The third-order valence-corrected chi connectivity index (χ3v) is 3.49. The van der Waals surface area contributed by atoms with Gasteiger partial charge < -0.3 is 10.0 Å². The summed E-state index contributed by atoms with van der Waals surface area (Å²) >= 11 is 0.649. The predicted molar refractivity (Wildman–Crippen MR) is 57.5 cm³/mol. The van der Waals surface area contributed by atoms with Crippen LogP contribution in [-0.2, 0) is 11.0 Å².